The summed E-state index contributed by atoms with van der Waals surface area (Å²) in [5.74, 6) is 0.688. The van der Waals surface area contributed by atoms with Gasteiger partial charge in [-0.15, -0.1) is 0 Å². The van der Waals surface area contributed by atoms with Gasteiger partial charge in [0.1, 0.15) is 0 Å². The summed E-state index contributed by atoms with van der Waals surface area (Å²) in [5, 5.41) is 0. The molecule has 0 heterocycles. The SMILES string of the molecule is CCN(CC(C)C)c1ccc(CN)cc1C. The van der Waals surface area contributed by atoms with E-state index in [0.29, 0.717) is 12.5 Å². The molecule has 0 aliphatic carbocycles. The summed E-state index contributed by atoms with van der Waals surface area (Å²) >= 11 is 0. The summed E-state index contributed by atoms with van der Waals surface area (Å²) in [5.41, 5.74) is 9.52. The molecule has 0 aliphatic rings. The Labute approximate surface area is 99.5 Å². The third-order valence-electron chi connectivity index (χ3n) is 2.80. The van der Waals surface area contributed by atoms with E-state index < -0.39 is 0 Å². The van der Waals surface area contributed by atoms with Crippen molar-refractivity contribution in [1.29, 1.82) is 0 Å². The van der Waals surface area contributed by atoms with E-state index in [0.717, 1.165) is 13.1 Å². The third kappa shape index (κ3) is 3.24. The molecule has 0 aromatic heterocycles. The van der Waals surface area contributed by atoms with Crippen LogP contribution in [0.4, 0.5) is 5.69 Å². The average molecular weight is 220 g/mol. The van der Waals surface area contributed by atoms with Crippen molar-refractivity contribution in [1.82, 2.24) is 0 Å². The highest BCUT2D eigenvalue weighted by atomic mass is 15.1. The molecule has 2 heteroatoms. The molecule has 0 amide bonds. The Kier molecular flexibility index (Phi) is 4.81. The van der Waals surface area contributed by atoms with Crippen molar-refractivity contribution in [3.63, 3.8) is 0 Å². The predicted octanol–water partition coefficient (Wildman–Crippen LogP) is 2.94. The molecule has 0 saturated carbocycles. The van der Waals surface area contributed by atoms with Gasteiger partial charge in [0.25, 0.3) is 0 Å². The van der Waals surface area contributed by atoms with Crippen molar-refractivity contribution < 1.29 is 0 Å². The molecule has 0 saturated heterocycles. The topological polar surface area (TPSA) is 29.3 Å². The lowest BCUT2D eigenvalue weighted by Gasteiger charge is -2.27. The van der Waals surface area contributed by atoms with Gasteiger partial charge in [-0.05, 0) is 37.0 Å². The van der Waals surface area contributed by atoms with Gasteiger partial charge in [-0.2, -0.15) is 0 Å². The minimum Gasteiger partial charge on any atom is -0.371 e. The van der Waals surface area contributed by atoms with Crippen LogP contribution in [0.1, 0.15) is 31.9 Å². The number of nitrogens with zero attached hydrogens (tertiary/aromatic N) is 1. The first-order valence-electron chi connectivity index (χ1n) is 6.13. The molecule has 1 aromatic carbocycles. The van der Waals surface area contributed by atoms with Gasteiger partial charge in [-0.3, -0.25) is 0 Å². The van der Waals surface area contributed by atoms with E-state index in [2.05, 4.69) is 50.8 Å². The van der Waals surface area contributed by atoms with E-state index in [4.69, 9.17) is 5.73 Å². The minimum absolute atomic E-state index is 0.622. The smallest absolute Gasteiger partial charge is 0.0396 e. The average Bonchev–Trinajstić information content (AvgIpc) is 2.25. The summed E-state index contributed by atoms with van der Waals surface area (Å²) < 4.78 is 0. The number of rotatable bonds is 5. The Morgan fingerprint density at radius 2 is 2.00 bits per heavy atom. The molecule has 0 radical (unpaired) electrons. The first-order chi connectivity index (χ1) is 7.58. The maximum Gasteiger partial charge on any atom is 0.0396 e. The van der Waals surface area contributed by atoms with Gasteiger partial charge in [-0.1, -0.05) is 26.0 Å². The molecule has 2 N–H and O–H groups in total. The highest BCUT2D eigenvalue weighted by Crippen LogP contribution is 2.22. The molecule has 0 bridgehead atoms. The van der Waals surface area contributed by atoms with Crippen LogP contribution in [0, 0.1) is 12.8 Å². The van der Waals surface area contributed by atoms with Crippen LogP contribution >= 0.6 is 0 Å². The molecule has 0 aliphatic heterocycles. The molecule has 1 rings (SSSR count). The summed E-state index contributed by atoms with van der Waals surface area (Å²) in [4.78, 5) is 2.43. The van der Waals surface area contributed by atoms with Crippen LogP contribution in [0.5, 0.6) is 0 Å². The monoisotopic (exact) mass is 220 g/mol. The molecule has 16 heavy (non-hydrogen) atoms. The van der Waals surface area contributed by atoms with Crippen LogP contribution in [0.25, 0.3) is 0 Å². The molecular weight excluding hydrogens is 196 g/mol. The Morgan fingerprint density at radius 1 is 1.31 bits per heavy atom. The third-order valence-corrected chi connectivity index (χ3v) is 2.80. The Bertz CT molecular complexity index is 332. The van der Waals surface area contributed by atoms with Gasteiger partial charge in [0.15, 0.2) is 0 Å². The summed E-state index contributed by atoms with van der Waals surface area (Å²) in [6, 6.07) is 6.52. The summed E-state index contributed by atoms with van der Waals surface area (Å²) in [6.45, 7) is 11.7. The second-order valence-electron chi connectivity index (χ2n) is 4.76. The van der Waals surface area contributed by atoms with Gasteiger partial charge >= 0.3 is 0 Å². The molecule has 0 fully saturated rings. The molecule has 0 spiro atoms. The number of aryl methyl sites for hydroxylation is 1. The lowest BCUT2D eigenvalue weighted by Crippen LogP contribution is -2.27. The predicted molar refractivity (Wildman–Crippen MR) is 71.8 cm³/mol. The maximum atomic E-state index is 5.64. The summed E-state index contributed by atoms with van der Waals surface area (Å²) in [7, 11) is 0. The Morgan fingerprint density at radius 3 is 2.44 bits per heavy atom. The number of hydrogen-bond donors (Lipinski definition) is 1. The maximum absolute atomic E-state index is 5.64. The molecule has 90 valence electrons. The van der Waals surface area contributed by atoms with E-state index in [1.807, 2.05) is 0 Å². The van der Waals surface area contributed by atoms with Crippen LogP contribution in [0.15, 0.2) is 18.2 Å². The number of benzene rings is 1. The van der Waals surface area contributed by atoms with E-state index in [1.165, 1.54) is 16.8 Å². The van der Waals surface area contributed by atoms with Gasteiger partial charge < -0.3 is 10.6 Å². The quantitative estimate of drug-likeness (QED) is 0.826. The minimum atomic E-state index is 0.622. The first-order valence-corrected chi connectivity index (χ1v) is 6.13. The van der Waals surface area contributed by atoms with Gasteiger partial charge in [0, 0.05) is 25.3 Å². The van der Waals surface area contributed by atoms with Crippen LogP contribution < -0.4 is 10.6 Å². The van der Waals surface area contributed by atoms with E-state index in [-0.39, 0.29) is 0 Å². The first kappa shape index (κ1) is 13.0. The van der Waals surface area contributed by atoms with Gasteiger partial charge in [-0.25, -0.2) is 0 Å². The molecule has 0 unspecified atom stereocenters. The van der Waals surface area contributed by atoms with Crippen molar-refractivity contribution in [2.24, 2.45) is 11.7 Å². The normalized spacial score (nSPS) is 10.9. The van der Waals surface area contributed by atoms with Gasteiger partial charge in [0.2, 0.25) is 0 Å². The highest BCUT2D eigenvalue weighted by molar-refractivity contribution is 5.54. The van der Waals surface area contributed by atoms with Gasteiger partial charge in [0.05, 0.1) is 0 Å². The zero-order valence-corrected chi connectivity index (χ0v) is 11.0. The zero-order chi connectivity index (χ0) is 12.1. The number of anilines is 1. The van der Waals surface area contributed by atoms with Crippen LogP contribution in [-0.4, -0.2) is 13.1 Å². The lowest BCUT2D eigenvalue weighted by molar-refractivity contribution is 0.618. The van der Waals surface area contributed by atoms with Crippen LogP contribution in [0.2, 0.25) is 0 Å². The Hall–Kier alpha value is -1.02. The lowest BCUT2D eigenvalue weighted by atomic mass is 10.1. The van der Waals surface area contributed by atoms with Crippen molar-refractivity contribution in [2.45, 2.75) is 34.2 Å². The van der Waals surface area contributed by atoms with E-state index >= 15 is 0 Å². The van der Waals surface area contributed by atoms with Crippen molar-refractivity contribution in [3.05, 3.63) is 29.3 Å². The van der Waals surface area contributed by atoms with Crippen molar-refractivity contribution in [2.75, 3.05) is 18.0 Å². The van der Waals surface area contributed by atoms with Crippen LogP contribution in [0.3, 0.4) is 0 Å². The molecule has 1 aromatic rings. The molecular formula is C14H24N2. The second kappa shape index (κ2) is 5.90. The van der Waals surface area contributed by atoms with Crippen LogP contribution in [-0.2, 0) is 6.54 Å². The Balaban J connectivity index is 2.92. The second-order valence-corrected chi connectivity index (χ2v) is 4.76. The summed E-state index contributed by atoms with van der Waals surface area (Å²) in [6.07, 6.45) is 0. The molecule has 2 nitrogen and oxygen atoms in total. The number of nitrogens with two attached hydrogens (primary N) is 1. The van der Waals surface area contributed by atoms with Crippen molar-refractivity contribution in [3.8, 4) is 0 Å². The zero-order valence-electron chi connectivity index (χ0n) is 11.0. The highest BCUT2D eigenvalue weighted by Gasteiger charge is 2.09. The largest absolute Gasteiger partial charge is 0.371 e. The number of hydrogen-bond acceptors (Lipinski definition) is 2. The van der Waals surface area contributed by atoms with Crippen molar-refractivity contribution >= 4 is 5.69 Å². The standard InChI is InChI=1S/C14H24N2/c1-5-16(10-11(2)3)14-7-6-13(9-15)8-12(14)4/h6-8,11H,5,9-10,15H2,1-4H3. The fourth-order valence-corrected chi connectivity index (χ4v) is 2.04. The fourth-order valence-electron chi connectivity index (χ4n) is 2.04. The van der Waals surface area contributed by atoms with E-state index in [1.54, 1.807) is 0 Å². The van der Waals surface area contributed by atoms with E-state index in [9.17, 15) is 0 Å². The molecule has 0 atom stereocenters. The fraction of sp³-hybridized carbons (Fsp3) is 0.571.